The molecule has 0 aliphatic carbocycles. The van der Waals surface area contributed by atoms with E-state index in [0.29, 0.717) is 0 Å². The highest BCUT2D eigenvalue weighted by Crippen LogP contribution is 2.18. The van der Waals surface area contributed by atoms with E-state index in [9.17, 15) is 10.2 Å². The second-order valence-corrected chi connectivity index (χ2v) is 2.70. The van der Waals surface area contributed by atoms with Gasteiger partial charge in [0.15, 0.2) is 6.29 Å². The van der Waals surface area contributed by atoms with Crippen molar-refractivity contribution in [3.05, 3.63) is 0 Å². The number of ether oxygens (including phenoxy) is 1. The van der Waals surface area contributed by atoms with Gasteiger partial charge in [-0.25, -0.2) is 0 Å². The lowest BCUT2D eigenvalue weighted by Gasteiger charge is -2.37. The van der Waals surface area contributed by atoms with E-state index in [1.54, 1.807) is 0 Å². The Morgan fingerprint density at radius 1 is 1.17 bits per heavy atom. The normalized spacial score (nSPS) is 50.3. The Balaban J connectivity index is 2.66. The van der Waals surface area contributed by atoms with Crippen LogP contribution in [0, 0.1) is 0 Å². The Morgan fingerprint density at radius 2 is 1.83 bits per heavy atom. The number of aliphatic hydroxyl groups is 5. The predicted molar refractivity (Wildman–Crippen MR) is 36.0 cm³/mol. The van der Waals surface area contributed by atoms with Gasteiger partial charge in [0.05, 0.1) is 6.61 Å². The maximum atomic E-state index is 9.21. The van der Waals surface area contributed by atoms with Gasteiger partial charge in [-0.05, 0) is 0 Å². The van der Waals surface area contributed by atoms with Crippen LogP contribution in [-0.2, 0) is 4.74 Å². The Labute approximate surface area is 70.1 Å². The second-order valence-electron chi connectivity index (χ2n) is 2.70. The van der Waals surface area contributed by atoms with Crippen LogP contribution in [0.1, 0.15) is 0 Å². The molecule has 0 radical (unpaired) electrons. The van der Waals surface area contributed by atoms with Crippen molar-refractivity contribution in [3.63, 3.8) is 0 Å². The Morgan fingerprint density at radius 3 is 2.33 bits per heavy atom. The summed E-state index contributed by atoms with van der Waals surface area (Å²) >= 11 is 0. The fourth-order valence-electron chi connectivity index (χ4n) is 1.07. The number of aliphatic hydroxyl groups excluding tert-OH is 5. The summed E-state index contributed by atoms with van der Waals surface area (Å²) in [4.78, 5) is 0. The molecule has 5 N–H and O–H groups in total. The Bertz CT molecular complexity index is 147. The minimum Gasteiger partial charge on any atom is -0.394 e. The molecule has 1 rings (SSSR count). The zero-order valence-electron chi connectivity index (χ0n) is 7.20. The van der Waals surface area contributed by atoms with E-state index in [2.05, 4.69) is 5.11 Å². The molecule has 5 atom stereocenters. The van der Waals surface area contributed by atoms with Crippen molar-refractivity contribution in [3.8, 4) is 0 Å². The molecule has 1 aliphatic heterocycles. The summed E-state index contributed by atoms with van der Waals surface area (Å²) in [5.74, 6) is 0. The molecule has 12 heavy (non-hydrogen) atoms. The summed E-state index contributed by atoms with van der Waals surface area (Å²) in [7, 11) is 0. The van der Waals surface area contributed by atoms with E-state index in [1.165, 1.54) is 0 Å². The first-order chi connectivity index (χ1) is 6.11. The molecule has 72 valence electrons. The zero-order valence-corrected chi connectivity index (χ0v) is 6.20. The maximum absolute atomic E-state index is 9.21. The second kappa shape index (κ2) is 3.65. The van der Waals surface area contributed by atoms with Crippen LogP contribution in [0.25, 0.3) is 0 Å². The third kappa shape index (κ3) is 1.58. The molecular formula is C6H12O6. The van der Waals surface area contributed by atoms with E-state index in [-0.39, 0.29) is 0 Å². The molecule has 0 bridgehead atoms. The summed E-state index contributed by atoms with van der Waals surface area (Å²) in [6.07, 6.45) is -6.76. The van der Waals surface area contributed by atoms with Crippen molar-refractivity contribution in [2.45, 2.75) is 30.7 Å². The summed E-state index contributed by atoms with van der Waals surface area (Å²) in [6, 6.07) is 0. The molecule has 0 amide bonds. The van der Waals surface area contributed by atoms with Gasteiger partial charge in [-0.1, -0.05) is 0 Å². The molecule has 1 heterocycles. The van der Waals surface area contributed by atoms with Crippen molar-refractivity contribution < 1.29 is 30.3 Å². The van der Waals surface area contributed by atoms with Crippen molar-refractivity contribution in [1.82, 2.24) is 0 Å². The lowest BCUT2D eigenvalue weighted by atomic mass is 10.00. The quantitative estimate of drug-likeness (QED) is 0.307. The van der Waals surface area contributed by atoms with Gasteiger partial charge in [-0.2, -0.15) is 0 Å². The lowest BCUT2D eigenvalue weighted by molar-refractivity contribution is -0.286. The van der Waals surface area contributed by atoms with E-state index >= 15 is 0 Å². The van der Waals surface area contributed by atoms with Crippen molar-refractivity contribution >= 4 is 0 Å². The van der Waals surface area contributed by atoms with Crippen LogP contribution < -0.4 is 0 Å². The van der Waals surface area contributed by atoms with Gasteiger partial charge < -0.3 is 30.3 Å². The third-order valence-corrected chi connectivity index (χ3v) is 1.85. The van der Waals surface area contributed by atoms with Crippen LogP contribution in [0.15, 0.2) is 0 Å². The third-order valence-electron chi connectivity index (χ3n) is 1.85. The predicted octanol–water partition coefficient (Wildman–Crippen LogP) is -3.22. The smallest absolute Gasteiger partial charge is 0.213 e. The highest BCUT2D eigenvalue weighted by atomic mass is 16.6. The van der Waals surface area contributed by atoms with E-state index in [1.807, 2.05) is 0 Å². The van der Waals surface area contributed by atoms with Crippen molar-refractivity contribution in [1.29, 1.82) is 1.43 Å². The fourth-order valence-corrected chi connectivity index (χ4v) is 1.07. The molecule has 1 fully saturated rings. The average Bonchev–Trinajstić information content (AvgIpc) is 2.15. The van der Waals surface area contributed by atoms with E-state index < -0.39 is 37.3 Å². The fraction of sp³-hybridized carbons (Fsp3) is 1.00. The topological polar surface area (TPSA) is 110 Å². The van der Waals surface area contributed by atoms with Crippen molar-refractivity contribution in [2.24, 2.45) is 0 Å². The van der Waals surface area contributed by atoms with Gasteiger partial charge in [0, 0.05) is 0 Å². The molecule has 1 saturated heterocycles. The van der Waals surface area contributed by atoms with Crippen molar-refractivity contribution in [2.75, 3.05) is 6.61 Å². The van der Waals surface area contributed by atoms with E-state index in [4.69, 9.17) is 16.4 Å². The van der Waals surface area contributed by atoms with Gasteiger partial charge in [0.25, 0.3) is 0 Å². The zero-order chi connectivity index (χ0) is 10.0. The Kier molecular flexibility index (Phi) is 2.54. The molecule has 1 aliphatic rings. The highest BCUT2D eigenvalue weighted by molar-refractivity contribution is 4.87. The molecule has 0 spiro atoms. The SMILES string of the molecule is [3H]O[C@H]1O[C@H](CO)[C@@H](O)[C@H](O)[C@H]1O. The summed E-state index contributed by atoms with van der Waals surface area (Å²) < 4.78 is 11.2. The van der Waals surface area contributed by atoms with Crippen LogP contribution >= 0.6 is 0 Å². The summed E-state index contributed by atoms with van der Waals surface area (Å²) in [6.45, 7) is -0.523. The monoisotopic (exact) mass is 182 g/mol. The van der Waals surface area contributed by atoms with Gasteiger partial charge >= 0.3 is 0 Å². The van der Waals surface area contributed by atoms with Gasteiger partial charge in [-0.3, -0.25) is 0 Å². The minimum absolute atomic E-state index is 0.523. The molecule has 0 aromatic rings. The number of hydrogen-bond donors (Lipinski definition) is 5. The molecule has 6 nitrogen and oxygen atoms in total. The number of hydrogen-bond acceptors (Lipinski definition) is 6. The summed E-state index contributed by atoms with van der Waals surface area (Å²) in [5.41, 5.74) is 0. The first kappa shape index (κ1) is 8.36. The molecule has 0 aromatic carbocycles. The van der Waals surface area contributed by atoms with E-state index in [0.717, 1.165) is 0 Å². The minimum atomic E-state index is -1.49. The Hall–Kier alpha value is -0.240. The van der Waals surface area contributed by atoms with Crippen LogP contribution in [0.3, 0.4) is 0 Å². The van der Waals surface area contributed by atoms with Gasteiger partial charge in [-0.15, -0.1) is 0 Å². The first-order valence-corrected chi connectivity index (χ1v) is 3.54. The largest absolute Gasteiger partial charge is 0.394 e. The molecule has 0 unspecified atom stereocenters. The van der Waals surface area contributed by atoms with Gasteiger partial charge in [0.1, 0.15) is 24.4 Å². The molecular weight excluding hydrogens is 168 g/mol. The number of rotatable bonds is 2. The average molecular weight is 182 g/mol. The molecule has 0 saturated carbocycles. The highest BCUT2D eigenvalue weighted by Gasteiger charge is 2.42. The standard InChI is InChI=1S/C6H12O6/c7-1-2-3(8)4(9)5(10)6(11)12-2/h2-11H,1H2/t2-,3-,4+,5-,6+/m1/s1/i11T. The van der Waals surface area contributed by atoms with Gasteiger partial charge in [0.2, 0.25) is 1.43 Å². The van der Waals surface area contributed by atoms with Crippen LogP contribution in [-0.4, -0.2) is 64.3 Å². The molecule has 6 heteroatoms. The summed E-state index contributed by atoms with van der Waals surface area (Å²) in [5, 5.41) is 40.2. The van der Waals surface area contributed by atoms with Crippen LogP contribution in [0.5, 0.6) is 0 Å². The first-order valence-electron chi connectivity index (χ1n) is 3.95. The lowest BCUT2D eigenvalue weighted by Crippen LogP contribution is -2.58. The molecule has 0 aromatic heterocycles. The van der Waals surface area contributed by atoms with Crippen LogP contribution in [0.4, 0.5) is 0 Å². The maximum Gasteiger partial charge on any atom is 0.213 e. The van der Waals surface area contributed by atoms with Crippen LogP contribution in [0.2, 0.25) is 0 Å².